The molecule has 11 rings (SSSR count). The predicted octanol–water partition coefficient (Wildman–Crippen LogP) is 17.5. The van der Waals surface area contributed by atoms with Crippen molar-refractivity contribution < 1.29 is 4.74 Å². The Morgan fingerprint density at radius 1 is 0.371 bits per heavy atom. The second kappa shape index (κ2) is 16.1. The van der Waals surface area contributed by atoms with Gasteiger partial charge in [0, 0.05) is 56.9 Å². The first-order chi connectivity index (χ1) is 33.2. The molecule has 0 saturated carbocycles. The number of hydrogen-bond donors (Lipinski definition) is 0. The molecule has 0 radical (unpaired) electrons. The number of benzene rings is 7. The van der Waals surface area contributed by atoms with Gasteiger partial charge in [0.1, 0.15) is 24.0 Å². The van der Waals surface area contributed by atoms with E-state index in [1.807, 2.05) is 6.20 Å². The Hall–Kier alpha value is -7.31. The summed E-state index contributed by atoms with van der Waals surface area (Å²) in [7, 11) is 0. The molecule has 3 aromatic heterocycles. The molecule has 10 aromatic rings. The quantitative estimate of drug-likeness (QED) is 0.167. The Balaban J connectivity index is 1.01. The average Bonchev–Trinajstić information content (AvgIpc) is 3.98. The van der Waals surface area contributed by atoms with Crippen molar-refractivity contribution in [1.29, 1.82) is 0 Å². The predicted molar refractivity (Wildman–Crippen MR) is 296 cm³/mol. The number of ether oxygens (including phenoxy) is 1. The van der Waals surface area contributed by atoms with E-state index in [1.165, 1.54) is 61.1 Å². The van der Waals surface area contributed by atoms with E-state index in [1.54, 1.807) is 0 Å². The fraction of sp³-hybridized carbons (Fsp3) is 0.266. The molecule has 0 saturated heterocycles. The third-order valence-electron chi connectivity index (χ3n) is 14.4. The van der Waals surface area contributed by atoms with Crippen LogP contribution in [-0.2, 0) is 21.7 Å². The number of hydrogen-bond acceptors (Lipinski definition) is 4. The summed E-state index contributed by atoms with van der Waals surface area (Å²) in [5, 5.41) is 4.78. The van der Waals surface area contributed by atoms with Crippen LogP contribution in [0, 0.1) is 0 Å². The molecule has 0 bridgehead atoms. The molecule has 4 heterocycles. The van der Waals surface area contributed by atoms with Gasteiger partial charge in [0.2, 0.25) is 0 Å². The van der Waals surface area contributed by atoms with E-state index in [9.17, 15) is 0 Å². The monoisotopic (exact) mass is 920 g/mol. The zero-order valence-electron chi connectivity index (χ0n) is 42.9. The van der Waals surface area contributed by atoms with Gasteiger partial charge in [0.15, 0.2) is 0 Å². The van der Waals surface area contributed by atoms with Gasteiger partial charge in [-0.1, -0.05) is 138 Å². The largest absolute Gasteiger partial charge is 0.457 e. The first-order valence-electron chi connectivity index (χ1n) is 24.9. The summed E-state index contributed by atoms with van der Waals surface area (Å²) in [6.07, 6.45) is 1.94. The molecule has 6 heteroatoms. The number of para-hydroxylation sites is 2. The molecule has 6 nitrogen and oxygen atoms in total. The van der Waals surface area contributed by atoms with E-state index in [2.05, 4.69) is 260 Å². The van der Waals surface area contributed by atoms with E-state index in [0.29, 0.717) is 6.67 Å². The molecule has 0 amide bonds. The lowest BCUT2D eigenvalue weighted by Gasteiger charge is -2.29. The first-order valence-corrected chi connectivity index (χ1v) is 24.9. The van der Waals surface area contributed by atoms with Crippen molar-refractivity contribution in [3.05, 3.63) is 186 Å². The Labute approximate surface area is 413 Å². The van der Waals surface area contributed by atoms with Crippen molar-refractivity contribution in [3.8, 4) is 23.0 Å². The lowest BCUT2D eigenvalue weighted by molar-refractivity contribution is 0.483. The molecule has 0 atom stereocenters. The van der Waals surface area contributed by atoms with Gasteiger partial charge >= 0.3 is 0 Å². The van der Waals surface area contributed by atoms with E-state index < -0.39 is 0 Å². The molecule has 0 spiro atoms. The van der Waals surface area contributed by atoms with Crippen LogP contribution in [0.4, 0.5) is 22.7 Å². The van der Waals surface area contributed by atoms with Gasteiger partial charge in [-0.25, -0.2) is 4.98 Å². The molecule has 0 aliphatic carbocycles. The minimum Gasteiger partial charge on any atom is -0.457 e. The van der Waals surface area contributed by atoms with Gasteiger partial charge in [0.25, 0.3) is 0 Å². The van der Waals surface area contributed by atoms with E-state index in [4.69, 9.17) is 9.72 Å². The topological polar surface area (TPSA) is 38.5 Å². The third-order valence-corrected chi connectivity index (χ3v) is 14.4. The summed E-state index contributed by atoms with van der Waals surface area (Å²) < 4.78 is 11.6. The Bertz CT molecular complexity index is 3590. The number of fused-ring (bicyclic) bond motifs is 7. The highest BCUT2D eigenvalue weighted by Gasteiger charge is 2.32. The maximum absolute atomic E-state index is 6.94. The Morgan fingerprint density at radius 3 is 1.61 bits per heavy atom. The highest BCUT2D eigenvalue weighted by molar-refractivity contribution is 6.12. The summed E-state index contributed by atoms with van der Waals surface area (Å²) >= 11 is 0. The van der Waals surface area contributed by atoms with Crippen LogP contribution in [0.5, 0.6) is 11.5 Å². The molecule has 1 aliphatic heterocycles. The van der Waals surface area contributed by atoms with Crippen molar-refractivity contribution in [2.45, 2.75) is 105 Å². The first kappa shape index (κ1) is 45.2. The third kappa shape index (κ3) is 7.88. The van der Waals surface area contributed by atoms with Crippen molar-refractivity contribution in [1.82, 2.24) is 14.1 Å². The fourth-order valence-corrected chi connectivity index (χ4v) is 10.3. The van der Waals surface area contributed by atoms with Crippen LogP contribution in [0.15, 0.2) is 164 Å². The zero-order valence-corrected chi connectivity index (χ0v) is 42.9. The zero-order chi connectivity index (χ0) is 49.1. The summed E-state index contributed by atoms with van der Waals surface area (Å²) in [6, 6.07) is 57.9. The minimum absolute atomic E-state index is 0.000763. The summed E-state index contributed by atoms with van der Waals surface area (Å²) in [4.78, 5) is 9.96. The Kier molecular flexibility index (Phi) is 10.4. The number of aromatic nitrogens is 3. The van der Waals surface area contributed by atoms with Crippen LogP contribution < -0.4 is 14.5 Å². The standard InChI is InChI=1S/C64H65N5O/c1-61(2,3)41-24-28-57-59(35-41)66(40-67(57)47-33-43(63(7,8)9)32-44(34-47)64(10,11)12)45-18-17-19-48(37-45)70-49-26-27-52-53-38-46(68-54-22-15-13-20-50(54)51-21-14-16-23-55(51)68)25-29-56(53)69(58(52)39-49)60-36-42(30-31-65-60)62(4,5)6/h13-39H,40H2,1-12H3. The molecular weight excluding hydrogens is 855 g/mol. The van der Waals surface area contributed by atoms with Crippen molar-refractivity contribution in [2.24, 2.45) is 0 Å². The van der Waals surface area contributed by atoms with E-state index in [0.717, 1.165) is 50.5 Å². The van der Waals surface area contributed by atoms with Gasteiger partial charge in [-0.2, -0.15) is 0 Å². The van der Waals surface area contributed by atoms with Crippen molar-refractivity contribution in [2.75, 3.05) is 16.5 Å². The van der Waals surface area contributed by atoms with Crippen molar-refractivity contribution >= 4 is 66.4 Å². The second-order valence-electron chi connectivity index (χ2n) is 23.6. The van der Waals surface area contributed by atoms with Crippen LogP contribution in [-0.4, -0.2) is 20.8 Å². The van der Waals surface area contributed by atoms with Crippen molar-refractivity contribution in [3.63, 3.8) is 0 Å². The van der Waals surface area contributed by atoms with E-state index in [-0.39, 0.29) is 21.7 Å². The van der Waals surface area contributed by atoms with Gasteiger partial charge in [-0.3, -0.25) is 4.57 Å². The number of anilines is 4. The summed E-state index contributed by atoms with van der Waals surface area (Å²) in [5.74, 6) is 2.42. The summed E-state index contributed by atoms with van der Waals surface area (Å²) in [5.41, 5.74) is 15.5. The van der Waals surface area contributed by atoms with Crippen LogP contribution in [0.25, 0.3) is 55.1 Å². The summed E-state index contributed by atoms with van der Waals surface area (Å²) in [6.45, 7) is 28.2. The molecule has 1 aliphatic rings. The molecule has 0 fully saturated rings. The van der Waals surface area contributed by atoms with Gasteiger partial charge in [-0.15, -0.1) is 0 Å². The van der Waals surface area contributed by atoms with Crippen LogP contribution in [0.3, 0.4) is 0 Å². The average molecular weight is 920 g/mol. The second-order valence-corrected chi connectivity index (χ2v) is 23.6. The maximum atomic E-state index is 6.94. The van der Waals surface area contributed by atoms with Crippen LogP contribution in [0.2, 0.25) is 0 Å². The number of pyridine rings is 1. The minimum atomic E-state index is -0.0491. The molecule has 0 unspecified atom stereocenters. The smallest absolute Gasteiger partial charge is 0.137 e. The van der Waals surface area contributed by atoms with Crippen LogP contribution >= 0.6 is 0 Å². The molecule has 70 heavy (non-hydrogen) atoms. The molecule has 352 valence electrons. The lowest BCUT2D eigenvalue weighted by atomic mass is 9.80. The van der Waals surface area contributed by atoms with Gasteiger partial charge in [-0.05, 0) is 135 Å². The fourth-order valence-electron chi connectivity index (χ4n) is 10.3. The van der Waals surface area contributed by atoms with Gasteiger partial charge in [0.05, 0.1) is 33.4 Å². The SMILES string of the molecule is CC(C)(C)c1cc(N2CN(c3cccc(Oc4ccc5c6cc(-n7c8ccccc8c8ccccc87)ccc6n(-c6cc(C(C)(C)C)ccn6)c5c4)c3)c3cc(C(C)(C)C)ccc32)cc(C(C)(C)C)c1. The lowest BCUT2D eigenvalue weighted by Crippen LogP contribution is -2.25. The Morgan fingerprint density at radius 2 is 0.957 bits per heavy atom. The number of nitrogens with zero attached hydrogens (tertiary/aromatic N) is 5. The highest BCUT2D eigenvalue weighted by atomic mass is 16.5. The van der Waals surface area contributed by atoms with Gasteiger partial charge < -0.3 is 19.1 Å². The number of rotatable bonds is 6. The highest BCUT2D eigenvalue weighted by Crippen LogP contribution is 2.48. The normalized spacial score (nSPS) is 13.6. The molecule has 0 N–H and O–H groups in total. The van der Waals surface area contributed by atoms with E-state index >= 15 is 0 Å². The maximum Gasteiger partial charge on any atom is 0.137 e. The molecular formula is C64H65N5O. The molecule has 7 aromatic carbocycles. The van der Waals surface area contributed by atoms with Crippen LogP contribution in [0.1, 0.15) is 105 Å².